The summed E-state index contributed by atoms with van der Waals surface area (Å²) in [5.41, 5.74) is -2.49. The molecule has 0 bridgehead atoms. The molecule has 2 saturated carbocycles. The van der Waals surface area contributed by atoms with Crippen LogP contribution in [0.1, 0.15) is 32.1 Å². The fraction of sp³-hybridized carbons (Fsp3) is 0.692. The Bertz CT molecular complexity index is 606. The van der Waals surface area contributed by atoms with E-state index in [9.17, 15) is 18.0 Å². The smallest absolute Gasteiger partial charge is 0.366 e. The lowest BCUT2D eigenvalue weighted by Gasteiger charge is -2.26. The van der Waals surface area contributed by atoms with Crippen LogP contribution in [0, 0.1) is 5.92 Å². The lowest BCUT2D eigenvalue weighted by atomic mass is 9.85. The maximum Gasteiger partial charge on any atom is 0.411 e. The molecule has 0 atom stereocenters. The van der Waals surface area contributed by atoms with Crippen molar-refractivity contribution in [3.05, 3.63) is 21.0 Å². The van der Waals surface area contributed by atoms with E-state index < -0.39 is 17.3 Å². The number of alkyl halides is 3. The minimum atomic E-state index is -4.36. The molecule has 2 fully saturated rings. The molecule has 1 heterocycles. The summed E-state index contributed by atoms with van der Waals surface area (Å²) in [5, 5.41) is 6.42. The summed E-state index contributed by atoms with van der Waals surface area (Å²) in [6.07, 6.45) is 0.230. The second-order valence-electron chi connectivity index (χ2n) is 5.86. The molecule has 0 aliphatic heterocycles. The van der Waals surface area contributed by atoms with Crippen LogP contribution in [-0.2, 0) is 6.54 Å². The second-order valence-corrected chi connectivity index (χ2v) is 6.71. The minimum Gasteiger partial charge on any atom is -0.366 e. The Hall–Kier alpha value is -1.05. The van der Waals surface area contributed by atoms with E-state index in [2.05, 4.69) is 26.3 Å². The maximum atomic E-state index is 13.0. The molecule has 1 aromatic rings. The molecule has 0 radical (unpaired) electrons. The quantitative estimate of drug-likeness (QED) is 0.890. The van der Waals surface area contributed by atoms with Gasteiger partial charge in [-0.25, -0.2) is 4.68 Å². The van der Waals surface area contributed by atoms with E-state index in [-0.39, 0.29) is 23.0 Å². The maximum absolute atomic E-state index is 13.0. The normalized spacial score (nSPS) is 21.0. The molecule has 1 aromatic heterocycles. The van der Waals surface area contributed by atoms with Crippen molar-refractivity contribution in [2.24, 2.45) is 5.92 Å². The van der Waals surface area contributed by atoms with Crippen molar-refractivity contribution in [1.29, 1.82) is 0 Å². The van der Waals surface area contributed by atoms with Gasteiger partial charge in [-0.15, -0.1) is 0 Å². The molecular weight excluding hydrogens is 351 g/mol. The SMILES string of the molecule is O=c1c(NC2(C(F)(F)F)CC2)c(Br)cnn1CC1CCC1. The number of rotatable bonds is 4. The average Bonchev–Trinajstić information content (AvgIpc) is 3.12. The van der Waals surface area contributed by atoms with Crippen molar-refractivity contribution in [2.75, 3.05) is 5.32 Å². The largest absolute Gasteiger partial charge is 0.411 e. The van der Waals surface area contributed by atoms with Gasteiger partial charge in [0.25, 0.3) is 5.56 Å². The molecule has 2 aliphatic rings. The third kappa shape index (κ3) is 2.69. The highest BCUT2D eigenvalue weighted by molar-refractivity contribution is 9.10. The molecule has 0 spiro atoms. The molecule has 0 amide bonds. The summed E-state index contributed by atoms with van der Waals surface area (Å²) in [7, 11) is 0. The van der Waals surface area contributed by atoms with Gasteiger partial charge in [0.05, 0.1) is 10.7 Å². The fourth-order valence-corrected chi connectivity index (χ4v) is 2.84. The van der Waals surface area contributed by atoms with Crippen molar-refractivity contribution in [1.82, 2.24) is 9.78 Å². The zero-order valence-corrected chi connectivity index (χ0v) is 12.8. The van der Waals surface area contributed by atoms with E-state index in [0.717, 1.165) is 19.3 Å². The van der Waals surface area contributed by atoms with E-state index in [1.807, 2.05) is 0 Å². The Morgan fingerprint density at radius 2 is 2.10 bits per heavy atom. The Kier molecular flexibility index (Phi) is 3.54. The van der Waals surface area contributed by atoms with Gasteiger partial charge in [-0.05, 0) is 47.5 Å². The van der Waals surface area contributed by atoms with E-state index in [4.69, 9.17) is 0 Å². The van der Waals surface area contributed by atoms with Gasteiger partial charge in [0.2, 0.25) is 0 Å². The summed E-state index contributed by atoms with van der Waals surface area (Å²) < 4.78 is 40.6. The van der Waals surface area contributed by atoms with Crippen LogP contribution in [0.4, 0.5) is 18.9 Å². The monoisotopic (exact) mass is 365 g/mol. The van der Waals surface area contributed by atoms with E-state index >= 15 is 0 Å². The highest BCUT2D eigenvalue weighted by atomic mass is 79.9. The predicted molar refractivity (Wildman–Crippen MR) is 75.2 cm³/mol. The van der Waals surface area contributed by atoms with Gasteiger partial charge in [0.15, 0.2) is 0 Å². The van der Waals surface area contributed by atoms with E-state index in [1.54, 1.807) is 0 Å². The summed E-state index contributed by atoms with van der Waals surface area (Å²) >= 11 is 3.12. The third-order valence-corrected chi connectivity index (χ3v) is 4.91. The highest BCUT2D eigenvalue weighted by Crippen LogP contribution is 2.51. The molecule has 8 heteroatoms. The van der Waals surface area contributed by atoms with Gasteiger partial charge in [0.1, 0.15) is 11.2 Å². The summed E-state index contributed by atoms with van der Waals surface area (Å²) in [6.45, 7) is 0.472. The zero-order chi connectivity index (χ0) is 15.3. The Morgan fingerprint density at radius 3 is 2.57 bits per heavy atom. The number of halogens is 4. The lowest BCUT2D eigenvalue weighted by Crippen LogP contribution is -2.41. The first-order chi connectivity index (χ1) is 9.82. The van der Waals surface area contributed by atoms with Gasteiger partial charge in [-0.3, -0.25) is 4.79 Å². The van der Waals surface area contributed by atoms with Gasteiger partial charge in [0, 0.05) is 6.54 Å². The lowest BCUT2D eigenvalue weighted by molar-refractivity contribution is -0.151. The number of aromatic nitrogens is 2. The van der Waals surface area contributed by atoms with E-state index in [0.29, 0.717) is 12.5 Å². The van der Waals surface area contributed by atoms with Crippen LogP contribution in [0.25, 0.3) is 0 Å². The van der Waals surface area contributed by atoms with Gasteiger partial charge >= 0.3 is 6.18 Å². The number of hydrogen-bond donors (Lipinski definition) is 1. The molecule has 0 aromatic carbocycles. The molecule has 0 unspecified atom stereocenters. The molecule has 1 N–H and O–H groups in total. The van der Waals surface area contributed by atoms with Crippen LogP contribution in [0.3, 0.4) is 0 Å². The van der Waals surface area contributed by atoms with Crippen molar-refractivity contribution >= 4 is 21.6 Å². The second kappa shape index (κ2) is 5.00. The standard InChI is InChI=1S/C13H15BrF3N3O/c14-9-6-18-20(7-8-2-1-3-8)11(21)10(9)19-12(4-5-12)13(15,16)17/h6,8,19H,1-5,7H2. The van der Waals surface area contributed by atoms with E-state index in [1.165, 1.54) is 10.9 Å². The van der Waals surface area contributed by atoms with Crippen molar-refractivity contribution < 1.29 is 13.2 Å². The zero-order valence-electron chi connectivity index (χ0n) is 11.2. The van der Waals surface area contributed by atoms with Gasteiger partial charge < -0.3 is 5.32 Å². The van der Waals surface area contributed by atoms with Crippen LogP contribution in [0.2, 0.25) is 0 Å². The third-order valence-electron chi connectivity index (χ3n) is 4.31. The van der Waals surface area contributed by atoms with Crippen molar-refractivity contribution in [2.45, 2.75) is 50.4 Å². The van der Waals surface area contributed by atoms with Gasteiger partial charge in [-0.2, -0.15) is 18.3 Å². The molecule has 116 valence electrons. The molecular formula is C13H15BrF3N3O. The first kappa shape index (κ1) is 14.9. The molecule has 21 heavy (non-hydrogen) atoms. The molecule has 0 saturated heterocycles. The number of anilines is 1. The van der Waals surface area contributed by atoms with Crippen LogP contribution < -0.4 is 10.9 Å². The highest BCUT2D eigenvalue weighted by Gasteiger charge is 2.64. The van der Waals surface area contributed by atoms with Crippen LogP contribution in [-0.4, -0.2) is 21.5 Å². The fourth-order valence-electron chi connectivity index (χ4n) is 2.48. The number of nitrogens with zero attached hydrogens (tertiary/aromatic N) is 2. The summed E-state index contributed by atoms with van der Waals surface area (Å²) in [4.78, 5) is 12.3. The number of hydrogen-bond acceptors (Lipinski definition) is 3. The first-order valence-corrected chi connectivity index (χ1v) is 7.72. The summed E-state index contributed by atoms with van der Waals surface area (Å²) in [5.74, 6) is 0.404. The Labute approximate surface area is 127 Å². The molecule has 2 aliphatic carbocycles. The average molecular weight is 366 g/mol. The minimum absolute atomic E-state index is 0.00662. The molecule has 4 nitrogen and oxygen atoms in total. The Morgan fingerprint density at radius 1 is 1.43 bits per heavy atom. The van der Waals surface area contributed by atoms with Gasteiger partial charge in [-0.1, -0.05) is 6.42 Å². The van der Waals surface area contributed by atoms with Crippen LogP contribution in [0.5, 0.6) is 0 Å². The Balaban J connectivity index is 1.87. The predicted octanol–water partition coefficient (Wildman–Crippen LogP) is 3.31. The summed E-state index contributed by atoms with van der Waals surface area (Å²) in [6, 6.07) is 0. The molecule has 3 rings (SSSR count). The van der Waals surface area contributed by atoms with Crippen molar-refractivity contribution in [3.63, 3.8) is 0 Å². The number of nitrogens with one attached hydrogen (secondary N) is 1. The van der Waals surface area contributed by atoms with Crippen molar-refractivity contribution in [3.8, 4) is 0 Å². The van der Waals surface area contributed by atoms with Crippen LogP contribution in [0.15, 0.2) is 15.5 Å². The first-order valence-electron chi connectivity index (χ1n) is 6.93. The van der Waals surface area contributed by atoms with Crippen LogP contribution >= 0.6 is 15.9 Å². The topological polar surface area (TPSA) is 46.9 Å².